The Morgan fingerprint density at radius 1 is 1.23 bits per heavy atom. The van der Waals surface area contributed by atoms with Crippen molar-refractivity contribution in [2.75, 3.05) is 0 Å². The van der Waals surface area contributed by atoms with Crippen molar-refractivity contribution >= 4 is 12.6 Å². The number of halogens is 4. The number of hydrogen-bond donors (Lipinski definition) is 1. The lowest BCUT2D eigenvalue weighted by molar-refractivity contribution is -0.137. The van der Waals surface area contributed by atoms with E-state index in [-0.39, 0.29) is 11.3 Å². The van der Waals surface area contributed by atoms with Crippen LogP contribution >= 0.6 is 12.6 Å². The molecule has 0 spiro atoms. The summed E-state index contributed by atoms with van der Waals surface area (Å²) in [6, 6.07) is 2.41. The lowest BCUT2D eigenvalue weighted by Crippen LogP contribution is -2.05. The molecule has 72 valence electrons. The maximum atomic E-state index is 12.8. The quantitative estimate of drug-likeness (QED) is 0.533. The largest absolute Gasteiger partial charge is 0.416 e. The summed E-state index contributed by atoms with van der Waals surface area (Å²) >= 11 is 3.77. The van der Waals surface area contributed by atoms with Crippen molar-refractivity contribution < 1.29 is 17.6 Å². The van der Waals surface area contributed by atoms with Gasteiger partial charge in [0, 0.05) is 5.75 Å². The lowest BCUT2D eigenvalue weighted by atomic mass is 10.1. The second-order valence-corrected chi connectivity index (χ2v) is 2.78. The third-order valence-corrected chi connectivity index (χ3v) is 1.89. The van der Waals surface area contributed by atoms with Gasteiger partial charge in [-0.15, -0.1) is 0 Å². The molecule has 0 aliphatic heterocycles. The molecule has 0 unspecified atom stereocenters. The van der Waals surface area contributed by atoms with E-state index in [0.717, 1.165) is 12.1 Å². The molecule has 0 nitrogen and oxygen atoms in total. The van der Waals surface area contributed by atoms with Gasteiger partial charge in [0.25, 0.3) is 0 Å². The molecule has 1 aromatic rings. The van der Waals surface area contributed by atoms with Crippen LogP contribution in [0.2, 0.25) is 0 Å². The maximum Gasteiger partial charge on any atom is 0.416 e. The van der Waals surface area contributed by atoms with Crippen LogP contribution in [0, 0.1) is 5.82 Å². The molecule has 0 heterocycles. The molecular weight excluding hydrogens is 204 g/mol. The van der Waals surface area contributed by atoms with E-state index in [2.05, 4.69) is 12.6 Å². The van der Waals surface area contributed by atoms with Crippen LogP contribution in [0.4, 0.5) is 17.6 Å². The van der Waals surface area contributed by atoms with Gasteiger partial charge in [-0.2, -0.15) is 25.8 Å². The summed E-state index contributed by atoms with van der Waals surface area (Å²) in [6.07, 6.45) is -4.49. The topological polar surface area (TPSA) is 0 Å². The van der Waals surface area contributed by atoms with E-state index < -0.39 is 17.6 Å². The highest BCUT2D eigenvalue weighted by Crippen LogP contribution is 2.30. The molecule has 0 aliphatic carbocycles. The van der Waals surface area contributed by atoms with Gasteiger partial charge in [0.2, 0.25) is 0 Å². The van der Waals surface area contributed by atoms with E-state index in [9.17, 15) is 17.6 Å². The van der Waals surface area contributed by atoms with Crippen molar-refractivity contribution in [1.82, 2.24) is 0 Å². The van der Waals surface area contributed by atoms with Gasteiger partial charge in [0.1, 0.15) is 5.82 Å². The number of thiol groups is 1. The highest BCUT2D eigenvalue weighted by Gasteiger charge is 2.30. The summed E-state index contributed by atoms with van der Waals surface area (Å²) in [5.41, 5.74) is -0.813. The van der Waals surface area contributed by atoms with E-state index in [1.807, 2.05) is 0 Å². The summed E-state index contributed by atoms with van der Waals surface area (Å²) in [5, 5.41) is 0. The zero-order valence-corrected chi connectivity index (χ0v) is 7.29. The van der Waals surface area contributed by atoms with Gasteiger partial charge in [-0.3, -0.25) is 0 Å². The Bertz CT molecular complexity index is 306. The van der Waals surface area contributed by atoms with Gasteiger partial charge in [-0.25, -0.2) is 4.39 Å². The van der Waals surface area contributed by atoms with E-state index in [1.165, 1.54) is 0 Å². The number of alkyl halides is 3. The lowest BCUT2D eigenvalue weighted by Gasteiger charge is -2.07. The van der Waals surface area contributed by atoms with Crippen molar-refractivity contribution in [3.63, 3.8) is 0 Å². The first-order valence-corrected chi connectivity index (χ1v) is 4.05. The Balaban J connectivity index is 3.10. The van der Waals surface area contributed by atoms with Crippen molar-refractivity contribution in [2.24, 2.45) is 0 Å². The van der Waals surface area contributed by atoms with Gasteiger partial charge in [0.05, 0.1) is 5.56 Å². The van der Waals surface area contributed by atoms with E-state index >= 15 is 0 Å². The second kappa shape index (κ2) is 3.57. The minimum absolute atomic E-state index is 0.0873. The van der Waals surface area contributed by atoms with Crippen LogP contribution in [0.1, 0.15) is 11.1 Å². The normalized spacial score (nSPS) is 11.8. The number of benzene rings is 1. The van der Waals surface area contributed by atoms with Crippen molar-refractivity contribution in [1.29, 1.82) is 0 Å². The van der Waals surface area contributed by atoms with Crippen LogP contribution in [-0.4, -0.2) is 0 Å². The third kappa shape index (κ3) is 2.37. The maximum absolute atomic E-state index is 12.8. The molecule has 0 N–H and O–H groups in total. The van der Waals surface area contributed by atoms with Crippen LogP contribution in [0.5, 0.6) is 0 Å². The molecule has 0 radical (unpaired) electrons. The van der Waals surface area contributed by atoms with E-state index in [4.69, 9.17) is 0 Å². The molecule has 0 bridgehead atoms. The molecule has 0 amide bonds. The fourth-order valence-corrected chi connectivity index (χ4v) is 1.11. The van der Waals surface area contributed by atoms with Crippen molar-refractivity contribution in [3.05, 3.63) is 35.1 Å². The molecule has 0 fully saturated rings. The highest BCUT2D eigenvalue weighted by atomic mass is 32.1. The van der Waals surface area contributed by atoms with Crippen LogP contribution in [0.15, 0.2) is 18.2 Å². The van der Waals surface area contributed by atoms with Crippen molar-refractivity contribution in [2.45, 2.75) is 11.9 Å². The predicted molar refractivity (Wildman–Crippen MR) is 44.1 cm³/mol. The first kappa shape index (κ1) is 10.4. The first-order valence-electron chi connectivity index (χ1n) is 3.41. The zero-order valence-electron chi connectivity index (χ0n) is 6.40. The predicted octanol–water partition coefficient (Wildman–Crippen LogP) is 3.27. The first-order chi connectivity index (χ1) is 5.95. The molecule has 0 aromatic heterocycles. The van der Waals surface area contributed by atoms with E-state index in [1.54, 1.807) is 0 Å². The van der Waals surface area contributed by atoms with Crippen molar-refractivity contribution in [3.8, 4) is 0 Å². The highest BCUT2D eigenvalue weighted by molar-refractivity contribution is 7.79. The Kier molecular flexibility index (Phi) is 2.85. The summed E-state index contributed by atoms with van der Waals surface area (Å²) < 4.78 is 48.9. The average molecular weight is 210 g/mol. The molecule has 0 saturated carbocycles. The fourth-order valence-electron chi connectivity index (χ4n) is 0.852. The van der Waals surface area contributed by atoms with Gasteiger partial charge in [-0.05, 0) is 17.7 Å². The second-order valence-electron chi connectivity index (χ2n) is 2.46. The molecule has 1 aromatic carbocycles. The molecule has 5 heteroatoms. The van der Waals surface area contributed by atoms with Gasteiger partial charge < -0.3 is 0 Å². The molecule has 13 heavy (non-hydrogen) atoms. The average Bonchev–Trinajstić information content (AvgIpc) is 2.02. The Hall–Kier alpha value is -0.710. The Morgan fingerprint density at radius 2 is 1.85 bits per heavy atom. The third-order valence-electron chi connectivity index (χ3n) is 1.55. The summed E-state index contributed by atoms with van der Waals surface area (Å²) in [7, 11) is 0. The van der Waals surface area contributed by atoms with Gasteiger partial charge >= 0.3 is 6.18 Å². The Morgan fingerprint density at radius 3 is 2.23 bits per heavy atom. The molecular formula is C8H6F4S. The van der Waals surface area contributed by atoms with Crippen LogP contribution < -0.4 is 0 Å². The minimum Gasteiger partial charge on any atom is -0.207 e. The van der Waals surface area contributed by atoms with E-state index in [0.29, 0.717) is 6.07 Å². The number of rotatable bonds is 1. The molecule has 0 aliphatic rings. The smallest absolute Gasteiger partial charge is 0.207 e. The Labute approximate surface area is 78.0 Å². The zero-order chi connectivity index (χ0) is 10.1. The number of hydrogen-bond acceptors (Lipinski definition) is 1. The SMILES string of the molecule is Fc1cc(C(F)(F)F)ccc1CS. The van der Waals surface area contributed by atoms with Crippen LogP contribution in [-0.2, 0) is 11.9 Å². The van der Waals surface area contributed by atoms with Gasteiger partial charge in [-0.1, -0.05) is 6.07 Å². The summed E-state index contributed by atoms with van der Waals surface area (Å²) in [4.78, 5) is 0. The monoisotopic (exact) mass is 210 g/mol. The molecule has 0 atom stereocenters. The molecule has 1 rings (SSSR count). The standard InChI is InChI=1S/C8H6F4S/c9-7-3-6(8(10,11)12)2-1-5(7)4-13/h1-3,13H,4H2. The molecule has 0 saturated heterocycles. The van der Waals surface area contributed by atoms with Crippen LogP contribution in [0.25, 0.3) is 0 Å². The summed E-state index contributed by atoms with van der Waals surface area (Å²) in [6.45, 7) is 0. The minimum atomic E-state index is -4.49. The van der Waals surface area contributed by atoms with Crippen LogP contribution in [0.3, 0.4) is 0 Å². The van der Waals surface area contributed by atoms with Gasteiger partial charge in [0.15, 0.2) is 0 Å². The summed E-state index contributed by atoms with van der Waals surface area (Å²) in [5.74, 6) is -0.783. The fraction of sp³-hybridized carbons (Fsp3) is 0.250.